The van der Waals surface area contributed by atoms with Crippen LogP contribution in [0, 0.1) is 0 Å². The molecule has 1 N–H and O–H groups in total. The van der Waals surface area contributed by atoms with Crippen LogP contribution in [0.15, 0.2) is 0 Å². The SMILES string of the molecule is CCCCCCCCC(CCCCCCCC)OC(=O)CCCCCCCN(CCCCCCCC=O)CCCNC(C)C=O. The molecular formula is C39H76N2O4. The topological polar surface area (TPSA) is 75.7 Å². The fourth-order valence-electron chi connectivity index (χ4n) is 6.06. The first-order chi connectivity index (χ1) is 22.1. The number of carbonyl (C=O) groups excluding carboxylic acids is 3. The van der Waals surface area contributed by atoms with Gasteiger partial charge in [0.2, 0.25) is 0 Å². The van der Waals surface area contributed by atoms with E-state index in [2.05, 4.69) is 24.1 Å². The average molecular weight is 637 g/mol. The van der Waals surface area contributed by atoms with Crippen LogP contribution in [0.25, 0.3) is 0 Å². The van der Waals surface area contributed by atoms with Crippen molar-refractivity contribution in [1.82, 2.24) is 10.2 Å². The van der Waals surface area contributed by atoms with Crippen molar-refractivity contribution in [3.63, 3.8) is 0 Å². The predicted octanol–water partition coefficient (Wildman–Crippen LogP) is 10.1. The monoisotopic (exact) mass is 637 g/mol. The Morgan fingerprint density at radius 1 is 0.622 bits per heavy atom. The van der Waals surface area contributed by atoms with E-state index in [1.807, 2.05) is 6.92 Å². The van der Waals surface area contributed by atoms with E-state index in [1.54, 1.807) is 0 Å². The smallest absolute Gasteiger partial charge is 0.306 e. The van der Waals surface area contributed by atoms with Crippen LogP contribution in [-0.4, -0.2) is 61.8 Å². The zero-order chi connectivity index (χ0) is 33.1. The van der Waals surface area contributed by atoms with Crippen molar-refractivity contribution in [1.29, 1.82) is 0 Å². The summed E-state index contributed by atoms with van der Waals surface area (Å²) in [5.74, 6) is 0.0202. The lowest BCUT2D eigenvalue weighted by molar-refractivity contribution is -0.150. The van der Waals surface area contributed by atoms with Crippen molar-refractivity contribution < 1.29 is 19.1 Å². The molecular weight excluding hydrogens is 560 g/mol. The van der Waals surface area contributed by atoms with Crippen LogP contribution in [0.5, 0.6) is 0 Å². The Morgan fingerprint density at radius 2 is 1.09 bits per heavy atom. The maximum Gasteiger partial charge on any atom is 0.306 e. The molecule has 0 aromatic rings. The quantitative estimate of drug-likeness (QED) is 0.0415. The Hall–Kier alpha value is -1.27. The molecule has 1 atom stereocenters. The molecule has 0 aromatic heterocycles. The Balaban J connectivity index is 4.28. The number of carbonyl (C=O) groups is 3. The van der Waals surface area contributed by atoms with E-state index in [9.17, 15) is 14.4 Å². The fraction of sp³-hybridized carbons (Fsp3) is 0.923. The highest BCUT2D eigenvalue weighted by Crippen LogP contribution is 2.18. The minimum Gasteiger partial charge on any atom is -0.462 e. The van der Waals surface area contributed by atoms with Gasteiger partial charge in [-0.3, -0.25) is 4.79 Å². The highest BCUT2D eigenvalue weighted by molar-refractivity contribution is 5.69. The molecule has 266 valence electrons. The Morgan fingerprint density at radius 3 is 1.62 bits per heavy atom. The van der Waals surface area contributed by atoms with E-state index in [1.165, 1.54) is 116 Å². The van der Waals surface area contributed by atoms with E-state index >= 15 is 0 Å². The molecule has 0 spiro atoms. The molecule has 0 fully saturated rings. The van der Waals surface area contributed by atoms with Crippen LogP contribution in [0.3, 0.4) is 0 Å². The first kappa shape index (κ1) is 43.7. The zero-order valence-corrected chi connectivity index (χ0v) is 30.3. The van der Waals surface area contributed by atoms with Crippen LogP contribution >= 0.6 is 0 Å². The third kappa shape index (κ3) is 32.5. The van der Waals surface area contributed by atoms with Crippen molar-refractivity contribution in [2.24, 2.45) is 0 Å². The number of unbranched alkanes of at least 4 members (excludes halogenated alkanes) is 19. The maximum absolute atomic E-state index is 12.7. The number of nitrogens with zero attached hydrogens (tertiary/aromatic N) is 1. The van der Waals surface area contributed by atoms with Gasteiger partial charge in [0.25, 0.3) is 0 Å². The van der Waals surface area contributed by atoms with E-state index in [0.29, 0.717) is 12.8 Å². The molecule has 0 saturated carbocycles. The van der Waals surface area contributed by atoms with Crippen LogP contribution in [0.4, 0.5) is 0 Å². The number of aldehydes is 2. The summed E-state index contributed by atoms with van der Waals surface area (Å²) in [5, 5.41) is 3.27. The molecule has 0 aliphatic carbocycles. The molecule has 6 nitrogen and oxygen atoms in total. The molecule has 0 rings (SSSR count). The fourth-order valence-corrected chi connectivity index (χ4v) is 6.06. The van der Waals surface area contributed by atoms with E-state index in [0.717, 1.165) is 83.7 Å². The number of hydrogen-bond acceptors (Lipinski definition) is 6. The molecule has 45 heavy (non-hydrogen) atoms. The van der Waals surface area contributed by atoms with Crippen molar-refractivity contribution >= 4 is 18.5 Å². The molecule has 0 aliphatic rings. The standard InChI is InChI=1S/C39H76N2O4/c1-4-6-8-10-15-21-28-38(29-22-16-11-9-7-5-2)45-39(44)30-23-17-14-19-25-33-41(34-27-31-40-37(3)36-43)32-24-18-12-13-20-26-35-42/h35-38,40H,4-34H2,1-3H3. The van der Waals surface area contributed by atoms with Crippen molar-refractivity contribution in [2.75, 3.05) is 26.2 Å². The Kier molecular flexibility index (Phi) is 34.6. The van der Waals surface area contributed by atoms with Crippen LogP contribution in [0.1, 0.15) is 194 Å². The Bertz CT molecular complexity index is 629. The van der Waals surface area contributed by atoms with Crippen molar-refractivity contribution in [2.45, 2.75) is 206 Å². The molecule has 0 saturated heterocycles. The van der Waals surface area contributed by atoms with Gasteiger partial charge in [-0.15, -0.1) is 0 Å². The van der Waals surface area contributed by atoms with Crippen LogP contribution in [0.2, 0.25) is 0 Å². The van der Waals surface area contributed by atoms with Crippen molar-refractivity contribution in [3.8, 4) is 0 Å². The number of esters is 1. The summed E-state index contributed by atoms with van der Waals surface area (Å²) in [6.45, 7) is 10.6. The van der Waals surface area contributed by atoms with Gasteiger partial charge in [-0.05, 0) is 90.9 Å². The number of nitrogens with one attached hydrogen (secondary N) is 1. The lowest BCUT2D eigenvalue weighted by Gasteiger charge is -2.22. The Labute approximate surface area is 280 Å². The molecule has 0 bridgehead atoms. The van der Waals surface area contributed by atoms with E-state index < -0.39 is 0 Å². The summed E-state index contributed by atoms with van der Waals surface area (Å²) in [5.41, 5.74) is 0. The lowest BCUT2D eigenvalue weighted by atomic mass is 10.0. The predicted molar refractivity (Wildman–Crippen MR) is 192 cm³/mol. The molecule has 6 heteroatoms. The van der Waals surface area contributed by atoms with Gasteiger partial charge in [0.1, 0.15) is 18.7 Å². The van der Waals surface area contributed by atoms with Gasteiger partial charge in [0.15, 0.2) is 0 Å². The average Bonchev–Trinajstić information content (AvgIpc) is 3.04. The first-order valence-electron chi connectivity index (χ1n) is 19.6. The zero-order valence-electron chi connectivity index (χ0n) is 30.3. The van der Waals surface area contributed by atoms with Gasteiger partial charge in [-0.25, -0.2) is 0 Å². The summed E-state index contributed by atoms with van der Waals surface area (Å²) in [6.07, 6.45) is 33.3. The van der Waals surface area contributed by atoms with Gasteiger partial charge < -0.3 is 24.5 Å². The second-order valence-corrected chi connectivity index (χ2v) is 13.5. The molecule has 0 aromatic carbocycles. The maximum atomic E-state index is 12.7. The molecule has 1 unspecified atom stereocenters. The first-order valence-corrected chi connectivity index (χ1v) is 19.6. The van der Waals surface area contributed by atoms with Gasteiger partial charge in [0.05, 0.1) is 6.04 Å². The van der Waals surface area contributed by atoms with Crippen LogP contribution in [-0.2, 0) is 19.1 Å². The van der Waals surface area contributed by atoms with Crippen LogP contribution < -0.4 is 5.32 Å². The van der Waals surface area contributed by atoms with E-state index in [4.69, 9.17) is 4.74 Å². The van der Waals surface area contributed by atoms with Gasteiger partial charge in [-0.2, -0.15) is 0 Å². The summed E-state index contributed by atoms with van der Waals surface area (Å²) in [7, 11) is 0. The summed E-state index contributed by atoms with van der Waals surface area (Å²) in [6, 6.07) is -0.0753. The second-order valence-electron chi connectivity index (χ2n) is 13.5. The highest BCUT2D eigenvalue weighted by Gasteiger charge is 2.14. The number of ether oxygens (including phenoxy) is 1. The third-order valence-electron chi connectivity index (χ3n) is 9.03. The molecule has 0 radical (unpaired) electrons. The van der Waals surface area contributed by atoms with Gasteiger partial charge in [-0.1, -0.05) is 117 Å². The summed E-state index contributed by atoms with van der Waals surface area (Å²) >= 11 is 0. The number of rotatable bonds is 37. The summed E-state index contributed by atoms with van der Waals surface area (Å²) in [4.78, 5) is 36.6. The number of hydrogen-bond donors (Lipinski definition) is 1. The minimum absolute atomic E-state index is 0.0202. The van der Waals surface area contributed by atoms with Gasteiger partial charge >= 0.3 is 5.97 Å². The summed E-state index contributed by atoms with van der Waals surface area (Å²) < 4.78 is 6.02. The van der Waals surface area contributed by atoms with E-state index in [-0.39, 0.29) is 18.1 Å². The molecule has 0 amide bonds. The second kappa shape index (κ2) is 35.6. The van der Waals surface area contributed by atoms with Gasteiger partial charge in [0, 0.05) is 12.8 Å². The van der Waals surface area contributed by atoms with Crippen molar-refractivity contribution in [3.05, 3.63) is 0 Å². The largest absolute Gasteiger partial charge is 0.462 e. The lowest BCUT2D eigenvalue weighted by Crippen LogP contribution is -2.32. The minimum atomic E-state index is -0.0753. The normalized spacial score (nSPS) is 12.2. The molecule has 0 heterocycles. The highest BCUT2D eigenvalue weighted by atomic mass is 16.5. The third-order valence-corrected chi connectivity index (χ3v) is 9.03. The molecule has 0 aliphatic heterocycles.